The van der Waals surface area contributed by atoms with Gasteiger partial charge in [0.15, 0.2) is 0 Å². The maximum atomic E-state index is 5.86. The van der Waals surface area contributed by atoms with Crippen LogP contribution in [0.4, 0.5) is 5.69 Å². The van der Waals surface area contributed by atoms with Gasteiger partial charge in [0.05, 0.1) is 5.69 Å². The molecule has 0 unspecified atom stereocenters. The van der Waals surface area contributed by atoms with Gasteiger partial charge in [-0.25, -0.2) is 0 Å². The van der Waals surface area contributed by atoms with E-state index in [4.69, 9.17) is 22.1 Å². The molecule has 0 atom stereocenters. The fourth-order valence-electron chi connectivity index (χ4n) is 1.27. The van der Waals surface area contributed by atoms with E-state index in [-0.39, 0.29) is 0 Å². The number of ether oxygens (including phenoxy) is 1. The highest BCUT2D eigenvalue weighted by Gasteiger charge is 2.02. The number of hydrogen-bond donors (Lipinski definition) is 1. The summed E-state index contributed by atoms with van der Waals surface area (Å²) in [4.78, 5) is 0. The van der Waals surface area contributed by atoms with Gasteiger partial charge >= 0.3 is 0 Å². The van der Waals surface area contributed by atoms with E-state index in [1.165, 1.54) is 0 Å². The summed E-state index contributed by atoms with van der Waals surface area (Å²) in [5.74, 6) is 1.28. The van der Waals surface area contributed by atoms with Crippen LogP contribution in [0.2, 0.25) is 5.02 Å². The van der Waals surface area contributed by atoms with Crippen LogP contribution in [0.3, 0.4) is 0 Å². The number of halogens is 2. The molecule has 2 aromatic rings. The van der Waals surface area contributed by atoms with E-state index in [2.05, 4.69) is 15.9 Å². The largest absolute Gasteiger partial charge is 0.455 e. The standard InChI is InChI=1S/C12H9BrClNO/c13-8-4-5-12(11(15)6-8)16-10-3-1-2-9(14)7-10/h1-7H,15H2. The minimum Gasteiger partial charge on any atom is -0.455 e. The van der Waals surface area contributed by atoms with E-state index in [9.17, 15) is 0 Å². The molecular weight excluding hydrogens is 289 g/mol. The molecule has 0 spiro atoms. The second-order valence-corrected chi connectivity index (χ2v) is 4.59. The van der Waals surface area contributed by atoms with Gasteiger partial charge in [-0.05, 0) is 36.4 Å². The summed E-state index contributed by atoms with van der Waals surface area (Å²) in [7, 11) is 0. The lowest BCUT2D eigenvalue weighted by Gasteiger charge is -2.08. The predicted molar refractivity (Wildman–Crippen MR) is 70.1 cm³/mol. The Balaban J connectivity index is 2.27. The Labute approximate surface area is 107 Å². The van der Waals surface area contributed by atoms with Crippen molar-refractivity contribution in [3.8, 4) is 11.5 Å². The van der Waals surface area contributed by atoms with Crippen molar-refractivity contribution in [1.29, 1.82) is 0 Å². The highest BCUT2D eigenvalue weighted by Crippen LogP contribution is 2.30. The molecule has 0 saturated heterocycles. The van der Waals surface area contributed by atoms with Crippen molar-refractivity contribution in [1.82, 2.24) is 0 Å². The Hall–Kier alpha value is -1.19. The van der Waals surface area contributed by atoms with Crippen LogP contribution < -0.4 is 10.5 Å². The summed E-state index contributed by atoms with van der Waals surface area (Å²) in [6.07, 6.45) is 0. The molecular formula is C12H9BrClNO. The van der Waals surface area contributed by atoms with Crippen molar-refractivity contribution in [3.05, 3.63) is 52.0 Å². The number of anilines is 1. The molecule has 0 heterocycles. The fourth-order valence-corrected chi connectivity index (χ4v) is 1.83. The molecule has 0 bridgehead atoms. The summed E-state index contributed by atoms with van der Waals surface area (Å²) in [5, 5.41) is 0.633. The predicted octanol–water partition coefficient (Wildman–Crippen LogP) is 4.48. The van der Waals surface area contributed by atoms with Gasteiger partial charge < -0.3 is 10.5 Å². The highest BCUT2D eigenvalue weighted by atomic mass is 79.9. The zero-order valence-corrected chi connectivity index (χ0v) is 10.6. The van der Waals surface area contributed by atoms with Crippen molar-refractivity contribution in [3.63, 3.8) is 0 Å². The van der Waals surface area contributed by atoms with Gasteiger partial charge in [-0.1, -0.05) is 33.6 Å². The number of hydrogen-bond acceptors (Lipinski definition) is 2. The number of nitrogens with two attached hydrogens (primary N) is 1. The quantitative estimate of drug-likeness (QED) is 0.830. The summed E-state index contributed by atoms with van der Waals surface area (Å²) in [6.45, 7) is 0. The smallest absolute Gasteiger partial charge is 0.150 e. The van der Waals surface area contributed by atoms with E-state index in [1.807, 2.05) is 18.2 Å². The zero-order valence-electron chi connectivity index (χ0n) is 8.28. The van der Waals surface area contributed by atoms with E-state index in [1.54, 1.807) is 24.3 Å². The third kappa shape index (κ3) is 2.68. The molecule has 4 heteroatoms. The Bertz CT molecular complexity index is 516. The molecule has 2 nitrogen and oxygen atoms in total. The summed E-state index contributed by atoms with van der Waals surface area (Å²) >= 11 is 9.19. The Morgan fingerprint density at radius 2 is 1.94 bits per heavy atom. The van der Waals surface area contributed by atoms with Crippen molar-refractivity contribution in [2.45, 2.75) is 0 Å². The van der Waals surface area contributed by atoms with Gasteiger partial charge in [0.25, 0.3) is 0 Å². The molecule has 82 valence electrons. The maximum Gasteiger partial charge on any atom is 0.150 e. The van der Waals surface area contributed by atoms with E-state index < -0.39 is 0 Å². The van der Waals surface area contributed by atoms with E-state index in [0.717, 1.165) is 4.47 Å². The second kappa shape index (κ2) is 4.76. The first-order valence-electron chi connectivity index (χ1n) is 4.63. The molecule has 0 aliphatic heterocycles. The lowest BCUT2D eigenvalue weighted by atomic mass is 10.3. The Morgan fingerprint density at radius 1 is 1.12 bits per heavy atom. The van der Waals surface area contributed by atoms with Gasteiger partial charge in [0, 0.05) is 9.50 Å². The molecule has 0 fully saturated rings. The topological polar surface area (TPSA) is 35.2 Å². The molecule has 2 aromatic carbocycles. The number of rotatable bonds is 2. The van der Waals surface area contributed by atoms with Gasteiger partial charge in [0.1, 0.15) is 11.5 Å². The summed E-state index contributed by atoms with van der Waals surface area (Å²) < 4.78 is 6.53. The Morgan fingerprint density at radius 3 is 2.62 bits per heavy atom. The SMILES string of the molecule is Nc1cc(Br)ccc1Oc1cccc(Cl)c1. The molecule has 0 amide bonds. The minimum atomic E-state index is 0.578. The van der Waals surface area contributed by atoms with Gasteiger partial charge in [-0.2, -0.15) is 0 Å². The molecule has 0 aromatic heterocycles. The summed E-state index contributed by atoms with van der Waals surface area (Å²) in [6, 6.07) is 12.7. The van der Waals surface area contributed by atoms with E-state index >= 15 is 0 Å². The lowest BCUT2D eigenvalue weighted by molar-refractivity contribution is 0.485. The monoisotopic (exact) mass is 297 g/mol. The van der Waals surface area contributed by atoms with Gasteiger partial charge in [0.2, 0.25) is 0 Å². The summed E-state index contributed by atoms with van der Waals surface area (Å²) in [5.41, 5.74) is 6.40. The molecule has 16 heavy (non-hydrogen) atoms. The van der Waals surface area contributed by atoms with E-state index in [0.29, 0.717) is 22.2 Å². The van der Waals surface area contributed by atoms with Crippen molar-refractivity contribution >= 4 is 33.2 Å². The number of benzene rings is 2. The minimum absolute atomic E-state index is 0.578. The maximum absolute atomic E-state index is 5.86. The van der Waals surface area contributed by atoms with Crippen LogP contribution in [-0.2, 0) is 0 Å². The second-order valence-electron chi connectivity index (χ2n) is 3.24. The molecule has 0 radical (unpaired) electrons. The molecule has 2 N–H and O–H groups in total. The first-order valence-corrected chi connectivity index (χ1v) is 5.81. The van der Waals surface area contributed by atoms with Crippen molar-refractivity contribution in [2.24, 2.45) is 0 Å². The van der Waals surface area contributed by atoms with Crippen molar-refractivity contribution < 1.29 is 4.74 Å². The lowest BCUT2D eigenvalue weighted by Crippen LogP contribution is -1.91. The highest BCUT2D eigenvalue weighted by molar-refractivity contribution is 9.10. The first kappa shape index (κ1) is 11.3. The average Bonchev–Trinajstić information content (AvgIpc) is 2.22. The third-order valence-electron chi connectivity index (χ3n) is 2.00. The zero-order chi connectivity index (χ0) is 11.5. The molecule has 0 aliphatic rings. The number of nitrogen functional groups attached to an aromatic ring is 1. The van der Waals surface area contributed by atoms with Crippen LogP contribution in [0.15, 0.2) is 46.9 Å². The van der Waals surface area contributed by atoms with Crippen LogP contribution in [0, 0.1) is 0 Å². The van der Waals surface area contributed by atoms with Gasteiger partial charge in [-0.15, -0.1) is 0 Å². The van der Waals surface area contributed by atoms with Gasteiger partial charge in [-0.3, -0.25) is 0 Å². The molecule has 0 saturated carbocycles. The van der Waals surface area contributed by atoms with Crippen LogP contribution in [0.5, 0.6) is 11.5 Å². The average molecular weight is 299 g/mol. The van der Waals surface area contributed by atoms with Crippen LogP contribution in [0.25, 0.3) is 0 Å². The Kier molecular flexibility index (Phi) is 3.36. The van der Waals surface area contributed by atoms with Crippen molar-refractivity contribution in [2.75, 3.05) is 5.73 Å². The molecule has 0 aliphatic carbocycles. The fraction of sp³-hybridized carbons (Fsp3) is 0. The third-order valence-corrected chi connectivity index (χ3v) is 2.72. The van der Waals surface area contributed by atoms with Crippen LogP contribution in [0.1, 0.15) is 0 Å². The van der Waals surface area contributed by atoms with Crippen LogP contribution >= 0.6 is 27.5 Å². The first-order chi connectivity index (χ1) is 7.65. The normalized spacial score (nSPS) is 10.1. The molecule has 2 rings (SSSR count). The van der Waals surface area contributed by atoms with Crippen LogP contribution in [-0.4, -0.2) is 0 Å².